The molecule has 1 amide bonds. The van der Waals surface area contributed by atoms with Gasteiger partial charge in [-0.15, -0.1) is 10.2 Å². The van der Waals surface area contributed by atoms with Crippen LogP contribution in [0.15, 0.2) is 84.0 Å². The third kappa shape index (κ3) is 4.90. The fourth-order valence-electron chi connectivity index (χ4n) is 3.02. The Labute approximate surface area is 189 Å². The fraction of sp³-hybridized carbons (Fsp3) is 0.0870. The van der Waals surface area contributed by atoms with Gasteiger partial charge in [-0.05, 0) is 36.4 Å². The lowest BCUT2D eigenvalue weighted by molar-refractivity contribution is -0.113. The molecule has 0 aliphatic heterocycles. The van der Waals surface area contributed by atoms with Gasteiger partial charge in [0.2, 0.25) is 5.91 Å². The minimum absolute atomic E-state index is 0.165. The van der Waals surface area contributed by atoms with E-state index in [1.165, 1.54) is 11.8 Å². The van der Waals surface area contributed by atoms with Gasteiger partial charge in [-0.2, -0.15) is 0 Å². The molecule has 0 aliphatic rings. The Morgan fingerprint density at radius 1 is 1.00 bits per heavy atom. The predicted molar refractivity (Wildman–Crippen MR) is 124 cm³/mol. The number of halogens is 1. The third-order valence-electron chi connectivity index (χ3n) is 4.46. The van der Waals surface area contributed by atoms with Crippen LogP contribution < -0.4 is 10.1 Å². The largest absolute Gasteiger partial charge is 0.495 e. The van der Waals surface area contributed by atoms with Crippen molar-refractivity contribution < 1.29 is 9.53 Å². The second-order valence-corrected chi connectivity index (χ2v) is 7.90. The van der Waals surface area contributed by atoms with E-state index in [0.29, 0.717) is 27.4 Å². The Kier molecular flexibility index (Phi) is 6.54. The summed E-state index contributed by atoms with van der Waals surface area (Å²) in [4.78, 5) is 12.6. The topological polar surface area (TPSA) is 69.0 Å². The molecule has 1 aromatic heterocycles. The minimum Gasteiger partial charge on any atom is -0.495 e. The van der Waals surface area contributed by atoms with Crippen molar-refractivity contribution in [2.45, 2.75) is 5.16 Å². The summed E-state index contributed by atoms with van der Waals surface area (Å²) in [6.45, 7) is 0. The molecule has 4 aromatic rings. The lowest BCUT2D eigenvalue weighted by Gasteiger charge is -2.11. The molecule has 1 N–H and O–H groups in total. The van der Waals surface area contributed by atoms with Crippen LogP contribution >= 0.6 is 23.4 Å². The number of hydrogen-bond acceptors (Lipinski definition) is 5. The van der Waals surface area contributed by atoms with Gasteiger partial charge >= 0.3 is 0 Å². The number of anilines is 1. The fourth-order valence-corrected chi connectivity index (χ4v) is 3.90. The normalized spacial score (nSPS) is 10.6. The number of carbonyl (C=O) groups excluding carboxylic acids is 1. The molecule has 1 heterocycles. The van der Waals surface area contributed by atoms with Crippen LogP contribution in [0.25, 0.3) is 17.1 Å². The van der Waals surface area contributed by atoms with Gasteiger partial charge in [0.05, 0.1) is 18.6 Å². The number of benzene rings is 3. The number of rotatable bonds is 7. The van der Waals surface area contributed by atoms with Crippen LogP contribution in [0.5, 0.6) is 5.75 Å². The summed E-state index contributed by atoms with van der Waals surface area (Å²) in [7, 11) is 1.57. The van der Waals surface area contributed by atoms with Crippen molar-refractivity contribution in [3.63, 3.8) is 0 Å². The van der Waals surface area contributed by atoms with Gasteiger partial charge in [0.1, 0.15) is 5.75 Å². The monoisotopic (exact) mass is 450 g/mol. The summed E-state index contributed by atoms with van der Waals surface area (Å²) < 4.78 is 7.21. The van der Waals surface area contributed by atoms with Crippen LogP contribution in [0.3, 0.4) is 0 Å². The molecule has 31 heavy (non-hydrogen) atoms. The second-order valence-electron chi connectivity index (χ2n) is 6.52. The van der Waals surface area contributed by atoms with E-state index in [1.807, 2.05) is 71.3 Å². The second kappa shape index (κ2) is 9.68. The standard InChI is InChI=1S/C23H19ClN4O2S/c1-30-20-10-6-5-9-19(20)25-21(29)15-31-23-27-26-22(16-7-3-2-4-8-16)28(23)18-13-11-17(24)12-14-18/h2-14H,15H2,1H3,(H,25,29). The summed E-state index contributed by atoms with van der Waals surface area (Å²) in [6, 6.07) is 24.5. The lowest BCUT2D eigenvalue weighted by atomic mass is 10.2. The molecule has 0 unspecified atom stereocenters. The summed E-state index contributed by atoms with van der Waals surface area (Å²) in [5.41, 5.74) is 2.41. The quantitative estimate of drug-likeness (QED) is 0.385. The van der Waals surface area contributed by atoms with Crippen LogP contribution in [0, 0.1) is 0 Å². The first-order valence-corrected chi connectivity index (χ1v) is 10.8. The Morgan fingerprint density at radius 3 is 2.45 bits per heavy atom. The number of amides is 1. The van der Waals surface area contributed by atoms with E-state index in [2.05, 4.69) is 15.5 Å². The number of hydrogen-bond donors (Lipinski definition) is 1. The van der Waals surface area contributed by atoms with Gasteiger partial charge in [-0.25, -0.2) is 0 Å². The molecule has 0 saturated heterocycles. The summed E-state index contributed by atoms with van der Waals surface area (Å²) in [6.07, 6.45) is 0. The summed E-state index contributed by atoms with van der Waals surface area (Å²) in [5, 5.41) is 12.9. The Hall–Kier alpha value is -3.29. The lowest BCUT2D eigenvalue weighted by Crippen LogP contribution is -2.15. The molecule has 0 bridgehead atoms. The minimum atomic E-state index is -0.165. The Morgan fingerprint density at radius 2 is 1.71 bits per heavy atom. The Bertz CT molecular complexity index is 1180. The molecule has 6 nitrogen and oxygen atoms in total. The van der Waals surface area contributed by atoms with Crippen LogP contribution in [-0.2, 0) is 4.79 Å². The highest BCUT2D eigenvalue weighted by Gasteiger charge is 2.17. The van der Waals surface area contributed by atoms with Crippen molar-refractivity contribution in [2.75, 3.05) is 18.2 Å². The van der Waals surface area contributed by atoms with E-state index in [-0.39, 0.29) is 11.7 Å². The molecular formula is C23H19ClN4O2S. The molecule has 0 radical (unpaired) electrons. The zero-order valence-corrected chi connectivity index (χ0v) is 18.2. The number of carbonyl (C=O) groups is 1. The number of methoxy groups -OCH3 is 1. The van der Waals surface area contributed by atoms with Gasteiger partial charge in [0, 0.05) is 16.3 Å². The van der Waals surface area contributed by atoms with Crippen LogP contribution in [0.4, 0.5) is 5.69 Å². The number of thioether (sulfide) groups is 1. The van der Waals surface area contributed by atoms with E-state index in [0.717, 1.165) is 11.3 Å². The van der Waals surface area contributed by atoms with E-state index < -0.39 is 0 Å². The highest BCUT2D eigenvalue weighted by Crippen LogP contribution is 2.29. The molecular weight excluding hydrogens is 432 g/mol. The van der Waals surface area contributed by atoms with Crippen molar-refractivity contribution >= 4 is 35.0 Å². The van der Waals surface area contributed by atoms with Crippen molar-refractivity contribution in [3.05, 3.63) is 83.9 Å². The first-order chi connectivity index (χ1) is 15.2. The average Bonchev–Trinajstić information content (AvgIpc) is 3.23. The van der Waals surface area contributed by atoms with Crippen molar-refractivity contribution in [1.29, 1.82) is 0 Å². The zero-order valence-electron chi connectivity index (χ0n) is 16.7. The maximum atomic E-state index is 12.6. The third-order valence-corrected chi connectivity index (χ3v) is 5.64. The molecule has 0 aliphatic carbocycles. The molecule has 8 heteroatoms. The Balaban J connectivity index is 1.59. The number of nitrogens with zero attached hydrogens (tertiary/aromatic N) is 3. The molecule has 3 aromatic carbocycles. The van der Waals surface area contributed by atoms with Crippen molar-refractivity contribution in [1.82, 2.24) is 14.8 Å². The number of nitrogens with one attached hydrogen (secondary N) is 1. The van der Waals surface area contributed by atoms with Gasteiger partial charge in [-0.3, -0.25) is 9.36 Å². The smallest absolute Gasteiger partial charge is 0.234 e. The zero-order chi connectivity index (χ0) is 21.6. The summed E-state index contributed by atoms with van der Waals surface area (Å²) in [5.74, 6) is 1.30. The van der Waals surface area contributed by atoms with Crippen LogP contribution in [-0.4, -0.2) is 33.5 Å². The number of para-hydroxylation sites is 2. The van der Waals surface area contributed by atoms with Gasteiger partial charge < -0.3 is 10.1 Å². The van der Waals surface area contributed by atoms with Gasteiger partial charge in [-0.1, -0.05) is 65.8 Å². The molecule has 0 atom stereocenters. The SMILES string of the molecule is COc1ccccc1NC(=O)CSc1nnc(-c2ccccc2)n1-c1ccc(Cl)cc1. The maximum absolute atomic E-state index is 12.6. The van der Waals surface area contributed by atoms with E-state index in [4.69, 9.17) is 16.3 Å². The van der Waals surface area contributed by atoms with Crippen LogP contribution in [0.1, 0.15) is 0 Å². The van der Waals surface area contributed by atoms with Crippen LogP contribution in [0.2, 0.25) is 5.02 Å². The molecule has 0 fully saturated rings. The molecule has 156 valence electrons. The molecule has 0 spiro atoms. The van der Waals surface area contributed by atoms with E-state index in [9.17, 15) is 4.79 Å². The first kappa shape index (κ1) is 21.0. The highest BCUT2D eigenvalue weighted by atomic mass is 35.5. The van der Waals surface area contributed by atoms with Gasteiger partial charge in [0.25, 0.3) is 0 Å². The van der Waals surface area contributed by atoms with E-state index >= 15 is 0 Å². The number of aromatic nitrogens is 3. The summed E-state index contributed by atoms with van der Waals surface area (Å²) >= 11 is 7.37. The average molecular weight is 451 g/mol. The maximum Gasteiger partial charge on any atom is 0.234 e. The first-order valence-electron chi connectivity index (χ1n) is 9.48. The number of ether oxygens (including phenoxy) is 1. The van der Waals surface area contributed by atoms with Gasteiger partial charge in [0.15, 0.2) is 11.0 Å². The van der Waals surface area contributed by atoms with Crippen molar-refractivity contribution in [2.24, 2.45) is 0 Å². The molecule has 4 rings (SSSR count). The van der Waals surface area contributed by atoms with E-state index in [1.54, 1.807) is 19.2 Å². The highest BCUT2D eigenvalue weighted by molar-refractivity contribution is 7.99. The molecule has 0 saturated carbocycles. The predicted octanol–water partition coefficient (Wildman–Crippen LogP) is 5.33. The van der Waals surface area contributed by atoms with Crippen molar-refractivity contribution in [3.8, 4) is 22.8 Å².